The molecule has 1 saturated heterocycles. The van der Waals surface area contributed by atoms with Gasteiger partial charge in [-0.1, -0.05) is 120 Å². The summed E-state index contributed by atoms with van der Waals surface area (Å²) < 4.78 is 11.5. The zero-order valence-electron chi connectivity index (χ0n) is 27.0. The summed E-state index contributed by atoms with van der Waals surface area (Å²) in [7, 11) is -1.37. The second-order valence-electron chi connectivity index (χ2n) is 15.0. The van der Waals surface area contributed by atoms with Gasteiger partial charge < -0.3 is 9.47 Å². The smallest absolute Gasteiger partial charge is 0.0806 e. The molecule has 3 heteroatoms. The number of hydrogen-bond donors (Lipinski definition) is 0. The molecule has 4 rings (SSSR count). The average molecular weight is 569 g/mol. The van der Waals surface area contributed by atoms with E-state index in [0.717, 1.165) is 50.1 Å². The van der Waals surface area contributed by atoms with Gasteiger partial charge in [-0.3, -0.25) is 0 Å². The first-order valence-electron chi connectivity index (χ1n) is 17.7. The highest BCUT2D eigenvalue weighted by Crippen LogP contribution is 2.44. The predicted octanol–water partition coefficient (Wildman–Crippen LogP) is 10.3. The van der Waals surface area contributed by atoms with Gasteiger partial charge in [-0.05, 0) is 80.6 Å². The Morgan fingerprint density at radius 1 is 0.775 bits per heavy atom. The van der Waals surface area contributed by atoms with E-state index in [1.165, 1.54) is 115 Å². The molecule has 1 heterocycles. The summed E-state index contributed by atoms with van der Waals surface area (Å²) in [6, 6.07) is 11.5. The van der Waals surface area contributed by atoms with E-state index in [4.69, 9.17) is 9.47 Å². The van der Waals surface area contributed by atoms with Gasteiger partial charge >= 0.3 is 0 Å². The van der Waals surface area contributed by atoms with Gasteiger partial charge in [0.15, 0.2) is 0 Å². The van der Waals surface area contributed by atoms with Gasteiger partial charge in [0.05, 0.1) is 27.9 Å². The first kappa shape index (κ1) is 32.3. The Labute approximate surface area is 249 Å². The molecule has 2 aliphatic carbocycles. The van der Waals surface area contributed by atoms with Gasteiger partial charge in [0, 0.05) is 12.0 Å². The minimum absolute atomic E-state index is 0.335. The zero-order valence-corrected chi connectivity index (χ0v) is 28.0. The molecule has 0 radical (unpaired) electrons. The van der Waals surface area contributed by atoms with E-state index in [0.29, 0.717) is 5.41 Å². The summed E-state index contributed by atoms with van der Waals surface area (Å²) in [6.07, 6.45) is 24.0. The van der Waals surface area contributed by atoms with Crippen molar-refractivity contribution in [2.75, 3.05) is 26.4 Å². The molecule has 2 saturated carbocycles. The van der Waals surface area contributed by atoms with Crippen molar-refractivity contribution in [2.24, 2.45) is 23.2 Å². The molecule has 1 aromatic carbocycles. The van der Waals surface area contributed by atoms with Crippen LogP contribution in [-0.2, 0) is 9.47 Å². The quantitative estimate of drug-likeness (QED) is 0.137. The zero-order chi connectivity index (χ0) is 28.3. The second kappa shape index (κ2) is 16.3. The molecule has 3 fully saturated rings. The van der Waals surface area contributed by atoms with Crippen molar-refractivity contribution >= 4 is 13.3 Å². The van der Waals surface area contributed by atoms with Crippen molar-refractivity contribution in [1.82, 2.24) is 0 Å². The van der Waals surface area contributed by atoms with Crippen LogP contribution in [-0.4, -0.2) is 34.5 Å². The van der Waals surface area contributed by atoms with E-state index in [-0.39, 0.29) is 0 Å². The summed E-state index contributed by atoms with van der Waals surface area (Å²) in [4.78, 5) is 0. The fourth-order valence-corrected chi connectivity index (χ4v) is 10.9. The molecule has 40 heavy (non-hydrogen) atoms. The van der Waals surface area contributed by atoms with Gasteiger partial charge in [0.25, 0.3) is 0 Å². The first-order valence-corrected chi connectivity index (χ1v) is 20.9. The van der Waals surface area contributed by atoms with Crippen LogP contribution in [0.4, 0.5) is 0 Å². The highest BCUT2D eigenvalue weighted by atomic mass is 28.3. The fourth-order valence-electron chi connectivity index (χ4n) is 8.36. The summed E-state index contributed by atoms with van der Waals surface area (Å²) in [5, 5.41) is 1.66. The monoisotopic (exact) mass is 568 g/mol. The van der Waals surface area contributed by atoms with Crippen LogP contribution in [0.2, 0.25) is 19.1 Å². The molecular weight excluding hydrogens is 504 g/mol. The van der Waals surface area contributed by atoms with Crippen LogP contribution in [0.15, 0.2) is 24.3 Å². The lowest BCUT2D eigenvalue weighted by Crippen LogP contribution is -2.46. The van der Waals surface area contributed by atoms with Gasteiger partial charge in [-0.2, -0.15) is 0 Å². The number of benzene rings is 1. The molecule has 0 amide bonds. The first-order chi connectivity index (χ1) is 19.4. The molecule has 0 unspecified atom stereocenters. The number of unbranched alkanes of at least 4 members (excludes halogenated alkanes) is 4. The lowest BCUT2D eigenvalue weighted by atomic mass is 9.68. The highest BCUT2D eigenvalue weighted by Gasteiger charge is 2.38. The molecule has 3 aliphatic rings. The minimum Gasteiger partial charge on any atom is -0.381 e. The SMILES string of the molecule is CCCCCC1CCC(C2CCC(c3ccc([Si](C)(C)CCCCCOCC4(CCC)COC4)cc3)CC2)CC1. The van der Waals surface area contributed by atoms with Gasteiger partial charge in [-0.15, -0.1) is 0 Å². The molecule has 0 spiro atoms. The maximum Gasteiger partial charge on any atom is 0.0806 e. The van der Waals surface area contributed by atoms with Gasteiger partial charge in [0.1, 0.15) is 0 Å². The van der Waals surface area contributed by atoms with E-state index in [1.807, 2.05) is 0 Å². The van der Waals surface area contributed by atoms with Crippen LogP contribution < -0.4 is 5.19 Å². The molecule has 228 valence electrons. The number of hydrogen-bond acceptors (Lipinski definition) is 2. The van der Waals surface area contributed by atoms with Crippen LogP contribution in [0.25, 0.3) is 0 Å². The van der Waals surface area contributed by atoms with Crippen molar-refractivity contribution in [1.29, 1.82) is 0 Å². The third-order valence-corrected chi connectivity index (χ3v) is 14.8. The van der Waals surface area contributed by atoms with Crippen LogP contribution >= 0.6 is 0 Å². The summed E-state index contributed by atoms with van der Waals surface area (Å²) in [5.41, 5.74) is 1.96. The maximum atomic E-state index is 6.07. The van der Waals surface area contributed by atoms with Crippen molar-refractivity contribution in [3.63, 3.8) is 0 Å². The van der Waals surface area contributed by atoms with Crippen LogP contribution in [0.3, 0.4) is 0 Å². The van der Waals surface area contributed by atoms with Crippen LogP contribution in [0.5, 0.6) is 0 Å². The van der Waals surface area contributed by atoms with Crippen LogP contribution in [0, 0.1) is 23.2 Å². The van der Waals surface area contributed by atoms with E-state index < -0.39 is 8.07 Å². The molecule has 1 aliphatic heterocycles. The maximum absolute atomic E-state index is 6.07. The Morgan fingerprint density at radius 3 is 2.05 bits per heavy atom. The van der Waals surface area contributed by atoms with Crippen molar-refractivity contribution in [3.05, 3.63) is 29.8 Å². The Bertz CT molecular complexity index is 813. The Kier molecular flexibility index (Phi) is 13.1. The third kappa shape index (κ3) is 9.43. The lowest BCUT2D eigenvalue weighted by molar-refractivity contribution is -0.152. The molecule has 0 bridgehead atoms. The molecule has 2 nitrogen and oxygen atoms in total. The molecule has 1 aromatic rings. The fraction of sp³-hybridized carbons (Fsp3) is 0.838. The van der Waals surface area contributed by atoms with Crippen molar-refractivity contribution < 1.29 is 9.47 Å². The van der Waals surface area contributed by atoms with E-state index in [2.05, 4.69) is 51.2 Å². The average Bonchev–Trinajstić information content (AvgIpc) is 2.96. The van der Waals surface area contributed by atoms with E-state index in [1.54, 1.807) is 10.8 Å². The largest absolute Gasteiger partial charge is 0.381 e. The summed E-state index contributed by atoms with van der Waals surface area (Å²) in [5.74, 6) is 3.92. The normalized spacial score (nSPS) is 26.9. The molecule has 0 N–H and O–H groups in total. The Balaban J connectivity index is 1.11. The lowest BCUT2D eigenvalue weighted by Gasteiger charge is -2.41. The molecule has 0 atom stereocenters. The number of ether oxygens (including phenoxy) is 2. The van der Waals surface area contributed by atoms with E-state index >= 15 is 0 Å². The third-order valence-electron chi connectivity index (χ3n) is 11.3. The molecule has 0 aromatic heterocycles. The topological polar surface area (TPSA) is 18.5 Å². The Hall–Kier alpha value is -0.643. The van der Waals surface area contributed by atoms with Gasteiger partial charge in [-0.25, -0.2) is 0 Å². The Morgan fingerprint density at radius 2 is 1.45 bits per heavy atom. The number of rotatable bonds is 17. The van der Waals surface area contributed by atoms with Gasteiger partial charge in [0.2, 0.25) is 0 Å². The standard InChI is InChI=1S/C37H64O2Si/c1-5-7-9-12-31-13-15-32(16-14-31)33-17-19-34(20-18-33)35-21-23-36(24-22-35)40(3,4)27-11-8-10-26-38-28-37(25-6-2)29-39-30-37/h21-24,31-34H,5-20,25-30H2,1-4H3. The predicted molar refractivity (Wildman–Crippen MR) is 175 cm³/mol. The molecular formula is C37H64O2Si. The summed E-state index contributed by atoms with van der Waals surface area (Å²) in [6.45, 7) is 13.4. The second-order valence-corrected chi connectivity index (χ2v) is 19.8. The minimum atomic E-state index is -1.37. The van der Waals surface area contributed by atoms with E-state index in [9.17, 15) is 0 Å². The van der Waals surface area contributed by atoms with Crippen molar-refractivity contribution in [3.8, 4) is 0 Å². The highest BCUT2D eigenvalue weighted by molar-refractivity contribution is 6.89. The van der Waals surface area contributed by atoms with Crippen molar-refractivity contribution in [2.45, 2.75) is 148 Å². The van der Waals surface area contributed by atoms with Crippen LogP contribution in [0.1, 0.15) is 134 Å². The summed E-state index contributed by atoms with van der Waals surface area (Å²) >= 11 is 0.